The maximum absolute atomic E-state index is 2.46. The predicted molar refractivity (Wildman–Crippen MR) is 229 cm³/mol. The number of hydrogen-bond acceptors (Lipinski definition) is 1. The van der Waals surface area contributed by atoms with E-state index in [1.807, 2.05) is 0 Å². The summed E-state index contributed by atoms with van der Waals surface area (Å²) in [6, 6.07) is 78.9. The van der Waals surface area contributed by atoms with Gasteiger partial charge in [-0.25, -0.2) is 0 Å². The fourth-order valence-electron chi connectivity index (χ4n) is 8.10. The number of hydrogen-bond donors (Lipinski definition) is 0. The van der Waals surface area contributed by atoms with Crippen LogP contribution < -0.4 is 4.90 Å². The molecule has 0 aliphatic carbocycles. The van der Waals surface area contributed by atoms with Crippen LogP contribution in [0.15, 0.2) is 218 Å². The zero-order valence-electron chi connectivity index (χ0n) is 29.7. The van der Waals surface area contributed by atoms with Gasteiger partial charge in [-0.3, -0.25) is 0 Å². The molecule has 10 aromatic rings. The molecule has 54 heavy (non-hydrogen) atoms. The highest BCUT2D eigenvalue weighted by atomic mass is 15.1. The molecule has 1 aromatic heterocycles. The second kappa shape index (κ2) is 13.4. The van der Waals surface area contributed by atoms with Gasteiger partial charge >= 0.3 is 0 Å². The van der Waals surface area contributed by atoms with Crippen molar-refractivity contribution < 1.29 is 0 Å². The van der Waals surface area contributed by atoms with Gasteiger partial charge in [0.25, 0.3) is 0 Å². The Bertz CT molecular complexity index is 2910. The third kappa shape index (κ3) is 5.44. The summed E-state index contributed by atoms with van der Waals surface area (Å²) in [6.45, 7) is 0. The van der Waals surface area contributed by atoms with E-state index in [4.69, 9.17) is 0 Å². The van der Waals surface area contributed by atoms with E-state index >= 15 is 0 Å². The maximum atomic E-state index is 2.46. The predicted octanol–water partition coefficient (Wildman–Crippen LogP) is 14.4. The van der Waals surface area contributed by atoms with Gasteiger partial charge in [0.1, 0.15) is 0 Å². The van der Waals surface area contributed by atoms with Crippen molar-refractivity contribution in [3.05, 3.63) is 218 Å². The molecule has 0 saturated carbocycles. The van der Waals surface area contributed by atoms with E-state index in [0.717, 1.165) is 28.3 Å². The van der Waals surface area contributed by atoms with Crippen molar-refractivity contribution in [1.29, 1.82) is 0 Å². The first kappa shape index (κ1) is 31.6. The lowest BCUT2D eigenvalue weighted by atomic mass is 9.95. The van der Waals surface area contributed by atoms with E-state index in [9.17, 15) is 0 Å². The van der Waals surface area contributed by atoms with Crippen molar-refractivity contribution in [2.75, 3.05) is 4.90 Å². The standard InChI is InChI=1S/C52H36N2/c1-4-16-37(17-5-1)38-28-30-41(31-29-38)53-50-27-15-13-25-47(50)48-33-32-42(36-52(48)53)54(49-26-14-12-22-44(49)40-20-8-3-9-21-40)51-35-34-43(39-18-6-2-7-19-39)45-23-10-11-24-46(45)51/h1-36H. The molecule has 10 rings (SSSR count). The highest BCUT2D eigenvalue weighted by molar-refractivity contribution is 6.12. The van der Waals surface area contributed by atoms with Gasteiger partial charge in [-0.2, -0.15) is 0 Å². The number of para-hydroxylation sites is 2. The Morgan fingerprint density at radius 2 is 0.833 bits per heavy atom. The monoisotopic (exact) mass is 688 g/mol. The van der Waals surface area contributed by atoms with Gasteiger partial charge in [-0.05, 0) is 75.7 Å². The smallest absolute Gasteiger partial charge is 0.0561 e. The van der Waals surface area contributed by atoms with Crippen LogP contribution in [-0.4, -0.2) is 4.57 Å². The van der Waals surface area contributed by atoms with Crippen molar-refractivity contribution >= 4 is 49.6 Å². The van der Waals surface area contributed by atoms with Gasteiger partial charge in [-0.1, -0.05) is 176 Å². The minimum Gasteiger partial charge on any atom is -0.309 e. The van der Waals surface area contributed by atoms with Gasteiger partial charge in [0.15, 0.2) is 0 Å². The van der Waals surface area contributed by atoms with Crippen molar-refractivity contribution in [3.8, 4) is 39.1 Å². The van der Waals surface area contributed by atoms with Crippen molar-refractivity contribution in [3.63, 3.8) is 0 Å². The Morgan fingerprint density at radius 3 is 1.56 bits per heavy atom. The minimum atomic E-state index is 1.09. The summed E-state index contributed by atoms with van der Waals surface area (Å²) in [5.74, 6) is 0. The largest absolute Gasteiger partial charge is 0.309 e. The summed E-state index contributed by atoms with van der Waals surface area (Å²) in [5.41, 5.74) is 14.0. The van der Waals surface area contributed by atoms with Crippen LogP contribution in [0.3, 0.4) is 0 Å². The SMILES string of the molecule is c1ccc(-c2ccc(-n3c4ccccc4c4ccc(N(c5ccccc5-c5ccccc5)c5ccc(-c6ccccc6)c6ccccc56)cc43)cc2)cc1. The lowest BCUT2D eigenvalue weighted by Crippen LogP contribution is -2.12. The molecule has 0 spiro atoms. The average Bonchev–Trinajstić information content (AvgIpc) is 3.58. The molecule has 0 fully saturated rings. The first-order valence-electron chi connectivity index (χ1n) is 18.5. The normalized spacial score (nSPS) is 11.3. The third-order valence-electron chi connectivity index (χ3n) is 10.6. The second-order valence-corrected chi connectivity index (χ2v) is 13.7. The van der Waals surface area contributed by atoms with Crippen LogP contribution in [0, 0.1) is 0 Å². The summed E-state index contributed by atoms with van der Waals surface area (Å²) >= 11 is 0. The van der Waals surface area contributed by atoms with Crippen LogP contribution >= 0.6 is 0 Å². The molecule has 2 heteroatoms. The zero-order chi connectivity index (χ0) is 35.8. The minimum absolute atomic E-state index is 1.09. The number of nitrogens with zero attached hydrogens (tertiary/aromatic N) is 2. The molecule has 0 N–H and O–H groups in total. The van der Waals surface area contributed by atoms with E-state index in [2.05, 4.69) is 228 Å². The van der Waals surface area contributed by atoms with Crippen LogP contribution in [0.4, 0.5) is 17.1 Å². The molecule has 0 bridgehead atoms. The topological polar surface area (TPSA) is 8.17 Å². The molecule has 2 nitrogen and oxygen atoms in total. The van der Waals surface area contributed by atoms with E-state index in [1.165, 1.54) is 60.4 Å². The average molecular weight is 689 g/mol. The quantitative estimate of drug-likeness (QED) is 0.162. The van der Waals surface area contributed by atoms with E-state index < -0.39 is 0 Å². The number of anilines is 3. The molecule has 0 atom stereocenters. The van der Waals surface area contributed by atoms with Crippen molar-refractivity contribution in [1.82, 2.24) is 4.57 Å². The molecule has 0 unspecified atom stereocenters. The molecule has 0 radical (unpaired) electrons. The van der Waals surface area contributed by atoms with Gasteiger partial charge in [0, 0.05) is 33.1 Å². The lowest BCUT2D eigenvalue weighted by molar-refractivity contribution is 1.18. The lowest BCUT2D eigenvalue weighted by Gasteiger charge is -2.29. The Hall–Kier alpha value is -7.16. The Kier molecular flexibility index (Phi) is 7.85. The van der Waals surface area contributed by atoms with E-state index in [0.29, 0.717) is 0 Å². The van der Waals surface area contributed by atoms with Crippen molar-refractivity contribution in [2.24, 2.45) is 0 Å². The first-order chi connectivity index (χ1) is 26.8. The third-order valence-corrected chi connectivity index (χ3v) is 10.6. The fraction of sp³-hybridized carbons (Fsp3) is 0. The van der Waals surface area contributed by atoms with E-state index in [1.54, 1.807) is 0 Å². The molecular formula is C52H36N2. The molecule has 9 aromatic carbocycles. The summed E-state index contributed by atoms with van der Waals surface area (Å²) < 4.78 is 2.42. The second-order valence-electron chi connectivity index (χ2n) is 13.7. The Balaban J connectivity index is 1.23. The molecule has 0 aliphatic heterocycles. The molecule has 1 heterocycles. The van der Waals surface area contributed by atoms with Crippen molar-refractivity contribution in [2.45, 2.75) is 0 Å². The molecule has 254 valence electrons. The van der Waals surface area contributed by atoms with Crippen LogP contribution in [0.25, 0.3) is 71.6 Å². The van der Waals surface area contributed by atoms with Crippen LogP contribution in [0.5, 0.6) is 0 Å². The van der Waals surface area contributed by atoms with Crippen LogP contribution in [-0.2, 0) is 0 Å². The maximum Gasteiger partial charge on any atom is 0.0561 e. The van der Waals surface area contributed by atoms with Gasteiger partial charge < -0.3 is 9.47 Å². The summed E-state index contributed by atoms with van der Waals surface area (Å²) in [6.07, 6.45) is 0. The van der Waals surface area contributed by atoms with Gasteiger partial charge in [-0.15, -0.1) is 0 Å². The van der Waals surface area contributed by atoms with E-state index in [-0.39, 0.29) is 0 Å². The number of benzene rings is 9. The number of fused-ring (bicyclic) bond motifs is 4. The zero-order valence-corrected chi connectivity index (χ0v) is 29.7. The molecular weight excluding hydrogens is 653 g/mol. The summed E-state index contributed by atoms with van der Waals surface area (Å²) in [5, 5.41) is 4.87. The Morgan fingerprint density at radius 1 is 0.296 bits per heavy atom. The number of rotatable bonds is 7. The van der Waals surface area contributed by atoms with Gasteiger partial charge in [0.05, 0.1) is 22.4 Å². The van der Waals surface area contributed by atoms with Crippen LogP contribution in [0.2, 0.25) is 0 Å². The van der Waals surface area contributed by atoms with Crippen LogP contribution in [0.1, 0.15) is 0 Å². The first-order valence-corrected chi connectivity index (χ1v) is 18.5. The Labute approximate surface area is 315 Å². The summed E-state index contributed by atoms with van der Waals surface area (Å²) in [7, 11) is 0. The summed E-state index contributed by atoms with van der Waals surface area (Å²) in [4.78, 5) is 2.46. The van der Waals surface area contributed by atoms with Gasteiger partial charge in [0.2, 0.25) is 0 Å². The highest BCUT2D eigenvalue weighted by Crippen LogP contribution is 2.46. The highest BCUT2D eigenvalue weighted by Gasteiger charge is 2.22. The number of aromatic nitrogens is 1. The molecule has 0 saturated heterocycles. The fourth-order valence-corrected chi connectivity index (χ4v) is 8.10. The molecule has 0 amide bonds. The molecule has 0 aliphatic rings.